The van der Waals surface area contributed by atoms with E-state index in [2.05, 4.69) is 0 Å². The Balaban J connectivity index is 2.74. The van der Waals surface area contributed by atoms with E-state index in [4.69, 9.17) is 15.2 Å². The standard InChI is InChI=1S/C10H19NO6/c1-3-4(2)16-10-7(14)5(12)6(13)8(17-10)9(11)15/h4-8,10,12-14H,3H2,1-2H3,(H2,11,15)/t4?,5?,6-,7-,8?,10?/m0/s1. The number of ether oxygens (including phenoxy) is 2. The van der Waals surface area contributed by atoms with Gasteiger partial charge in [-0.05, 0) is 13.3 Å². The predicted octanol–water partition coefficient (Wildman–Crippen LogP) is -1.91. The minimum Gasteiger partial charge on any atom is -0.387 e. The maximum absolute atomic E-state index is 11.0. The van der Waals surface area contributed by atoms with Crippen LogP contribution in [-0.2, 0) is 14.3 Å². The fourth-order valence-corrected chi connectivity index (χ4v) is 1.52. The fraction of sp³-hybridized carbons (Fsp3) is 0.900. The normalized spacial score (nSPS) is 39.9. The van der Waals surface area contributed by atoms with E-state index in [9.17, 15) is 20.1 Å². The number of hydrogen-bond donors (Lipinski definition) is 4. The molecule has 0 spiro atoms. The van der Waals surface area contributed by atoms with Crippen LogP contribution in [0.15, 0.2) is 0 Å². The highest BCUT2D eigenvalue weighted by Gasteiger charge is 2.46. The van der Waals surface area contributed by atoms with Gasteiger partial charge in [-0.3, -0.25) is 4.79 Å². The average Bonchev–Trinajstić information content (AvgIpc) is 2.29. The van der Waals surface area contributed by atoms with Crippen molar-refractivity contribution in [1.29, 1.82) is 0 Å². The van der Waals surface area contributed by atoms with Crippen molar-refractivity contribution < 1.29 is 29.6 Å². The van der Waals surface area contributed by atoms with Gasteiger partial charge in [0.15, 0.2) is 12.4 Å². The van der Waals surface area contributed by atoms with E-state index in [1.807, 2.05) is 6.92 Å². The van der Waals surface area contributed by atoms with E-state index in [1.165, 1.54) is 0 Å². The SMILES string of the molecule is CCC(C)OC1OC(C(N)=O)[C@@H](O)C(O)[C@@H]1O. The molecule has 1 rings (SSSR count). The zero-order chi connectivity index (χ0) is 13.2. The molecule has 0 saturated carbocycles. The first-order chi connectivity index (χ1) is 7.88. The lowest BCUT2D eigenvalue weighted by atomic mass is 9.98. The van der Waals surface area contributed by atoms with E-state index in [0.29, 0.717) is 6.42 Å². The topological polar surface area (TPSA) is 122 Å². The molecule has 0 aromatic carbocycles. The molecule has 0 radical (unpaired) electrons. The number of amides is 1. The maximum Gasteiger partial charge on any atom is 0.249 e. The first-order valence-electron chi connectivity index (χ1n) is 5.52. The third-order valence-electron chi connectivity index (χ3n) is 2.79. The molecule has 1 amide bonds. The Hall–Kier alpha value is -0.730. The van der Waals surface area contributed by atoms with Crippen LogP contribution < -0.4 is 5.73 Å². The van der Waals surface area contributed by atoms with Gasteiger partial charge in [0.1, 0.15) is 18.3 Å². The summed E-state index contributed by atoms with van der Waals surface area (Å²) < 4.78 is 10.4. The monoisotopic (exact) mass is 249 g/mol. The number of carbonyl (C=O) groups excluding carboxylic acids is 1. The van der Waals surface area contributed by atoms with Gasteiger partial charge in [0.25, 0.3) is 0 Å². The molecule has 17 heavy (non-hydrogen) atoms. The third kappa shape index (κ3) is 3.14. The summed E-state index contributed by atoms with van der Waals surface area (Å²) in [4.78, 5) is 11.0. The Morgan fingerprint density at radius 1 is 1.35 bits per heavy atom. The Morgan fingerprint density at radius 2 is 1.94 bits per heavy atom. The number of aliphatic hydroxyl groups excluding tert-OH is 3. The summed E-state index contributed by atoms with van der Waals surface area (Å²) in [6.07, 6.45) is -6.62. The Kier molecular flexibility index (Phi) is 4.84. The van der Waals surface area contributed by atoms with Crippen molar-refractivity contribution in [3.8, 4) is 0 Å². The molecule has 100 valence electrons. The zero-order valence-electron chi connectivity index (χ0n) is 9.81. The van der Waals surface area contributed by atoms with Crippen molar-refractivity contribution in [2.75, 3.05) is 0 Å². The number of primary amides is 1. The summed E-state index contributed by atoms with van der Waals surface area (Å²) in [6, 6.07) is 0. The molecule has 1 saturated heterocycles. The van der Waals surface area contributed by atoms with Gasteiger partial charge in [0, 0.05) is 0 Å². The molecule has 1 fully saturated rings. The molecule has 1 aliphatic heterocycles. The first-order valence-corrected chi connectivity index (χ1v) is 5.52. The number of hydrogen-bond acceptors (Lipinski definition) is 6. The summed E-state index contributed by atoms with van der Waals surface area (Å²) in [6.45, 7) is 3.63. The largest absolute Gasteiger partial charge is 0.387 e. The summed E-state index contributed by atoms with van der Waals surface area (Å²) in [7, 11) is 0. The summed E-state index contributed by atoms with van der Waals surface area (Å²) in [5.41, 5.74) is 5.02. The van der Waals surface area contributed by atoms with Crippen LogP contribution in [0, 0.1) is 0 Å². The van der Waals surface area contributed by atoms with Crippen LogP contribution in [0.2, 0.25) is 0 Å². The number of rotatable bonds is 4. The fourth-order valence-electron chi connectivity index (χ4n) is 1.52. The highest BCUT2D eigenvalue weighted by atomic mass is 16.7. The first kappa shape index (κ1) is 14.3. The zero-order valence-corrected chi connectivity index (χ0v) is 9.81. The van der Waals surface area contributed by atoms with Crippen LogP contribution in [0.25, 0.3) is 0 Å². The van der Waals surface area contributed by atoms with Gasteiger partial charge in [0.2, 0.25) is 5.91 Å². The lowest BCUT2D eigenvalue weighted by Crippen LogP contribution is -2.61. The molecule has 1 aliphatic rings. The predicted molar refractivity (Wildman–Crippen MR) is 56.7 cm³/mol. The van der Waals surface area contributed by atoms with Crippen molar-refractivity contribution in [3.05, 3.63) is 0 Å². The average molecular weight is 249 g/mol. The number of nitrogens with two attached hydrogens (primary N) is 1. The highest BCUT2D eigenvalue weighted by molar-refractivity contribution is 5.79. The molecule has 0 aromatic heterocycles. The quantitative estimate of drug-likeness (QED) is 0.461. The molecule has 5 N–H and O–H groups in total. The van der Waals surface area contributed by atoms with Gasteiger partial charge in [-0.1, -0.05) is 6.92 Å². The van der Waals surface area contributed by atoms with Crippen LogP contribution in [-0.4, -0.2) is 58.0 Å². The van der Waals surface area contributed by atoms with Crippen molar-refractivity contribution in [2.45, 2.75) is 57.1 Å². The number of aliphatic hydroxyl groups is 3. The van der Waals surface area contributed by atoms with Gasteiger partial charge in [-0.25, -0.2) is 0 Å². The van der Waals surface area contributed by atoms with Crippen LogP contribution in [0.5, 0.6) is 0 Å². The summed E-state index contributed by atoms with van der Waals surface area (Å²) >= 11 is 0. The molecular weight excluding hydrogens is 230 g/mol. The highest BCUT2D eigenvalue weighted by Crippen LogP contribution is 2.23. The van der Waals surface area contributed by atoms with Gasteiger partial charge < -0.3 is 30.5 Å². The van der Waals surface area contributed by atoms with Gasteiger partial charge in [-0.15, -0.1) is 0 Å². The van der Waals surface area contributed by atoms with Crippen molar-refractivity contribution >= 4 is 5.91 Å². The molecule has 6 atom stereocenters. The molecule has 4 unspecified atom stereocenters. The minimum atomic E-state index is -1.56. The van der Waals surface area contributed by atoms with E-state index in [0.717, 1.165) is 0 Å². The van der Waals surface area contributed by atoms with E-state index in [-0.39, 0.29) is 6.10 Å². The van der Waals surface area contributed by atoms with E-state index in [1.54, 1.807) is 6.92 Å². The Bertz CT molecular complexity index is 274. The second-order valence-electron chi connectivity index (χ2n) is 4.15. The molecule has 7 heteroatoms. The van der Waals surface area contributed by atoms with Crippen molar-refractivity contribution in [3.63, 3.8) is 0 Å². The van der Waals surface area contributed by atoms with Crippen LogP contribution in [0.3, 0.4) is 0 Å². The van der Waals surface area contributed by atoms with Gasteiger partial charge in [-0.2, -0.15) is 0 Å². The smallest absolute Gasteiger partial charge is 0.249 e. The second-order valence-corrected chi connectivity index (χ2v) is 4.15. The van der Waals surface area contributed by atoms with Crippen LogP contribution in [0.4, 0.5) is 0 Å². The molecule has 0 bridgehead atoms. The van der Waals surface area contributed by atoms with Crippen LogP contribution >= 0.6 is 0 Å². The summed E-state index contributed by atoms with van der Waals surface area (Å²) in [5, 5.41) is 28.7. The minimum absolute atomic E-state index is 0.217. The third-order valence-corrected chi connectivity index (χ3v) is 2.79. The lowest BCUT2D eigenvalue weighted by molar-refractivity contribution is -0.299. The van der Waals surface area contributed by atoms with E-state index >= 15 is 0 Å². The van der Waals surface area contributed by atoms with Crippen molar-refractivity contribution in [2.24, 2.45) is 5.73 Å². The van der Waals surface area contributed by atoms with Crippen LogP contribution in [0.1, 0.15) is 20.3 Å². The molecule has 0 aliphatic carbocycles. The lowest BCUT2D eigenvalue weighted by Gasteiger charge is -2.39. The Labute approximate surface area is 99.1 Å². The van der Waals surface area contributed by atoms with Crippen molar-refractivity contribution in [1.82, 2.24) is 0 Å². The maximum atomic E-state index is 11.0. The molecule has 0 aromatic rings. The number of carbonyl (C=O) groups is 1. The molecular formula is C10H19NO6. The molecule has 7 nitrogen and oxygen atoms in total. The second kappa shape index (κ2) is 5.74. The Morgan fingerprint density at radius 3 is 2.41 bits per heavy atom. The van der Waals surface area contributed by atoms with Gasteiger partial charge in [0.05, 0.1) is 6.10 Å². The van der Waals surface area contributed by atoms with E-state index < -0.39 is 36.6 Å². The molecule has 1 heterocycles. The summed E-state index contributed by atoms with van der Waals surface area (Å²) in [5.74, 6) is -0.916. The van der Waals surface area contributed by atoms with Gasteiger partial charge >= 0.3 is 0 Å².